The van der Waals surface area contributed by atoms with Crippen LogP contribution >= 0.6 is 0 Å². The van der Waals surface area contributed by atoms with Crippen molar-refractivity contribution in [3.05, 3.63) is 42.5 Å². The highest BCUT2D eigenvalue weighted by Crippen LogP contribution is 2.06. The molecule has 0 amide bonds. The average molecular weight is 191 g/mol. The molecule has 1 aromatic carbocycles. The van der Waals surface area contributed by atoms with Crippen LogP contribution in [0.3, 0.4) is 0 Å². The summed E-state index contributed by atoms with van der Waals surface area (Å²) in [6.45, 7) is 3.66. The molecule has 0 saturated heterocycles. The van der Waals surface area contributed by atoms with Crippen molar-refractivity contribution in [1.29, 1.82) is 0 Å². The maximum Gasteiger partial charge on any atom is 0.330 e. The van der Waals surface area contributed by atoms with Crippen LogP contribution in [-0.4, -0.2) is 12.6 Å². The lowest BCUT2D eigenvalue weighted by atomic mass is 10.1. The molecular weight excluding hydrogens is 178 g/mol. The van der Waals surface area contributed by atoms with Gasteiger partial charge >= 0.3 is 5.97 Å². The number of hydrogen-bond donors (Lipinski definition) is 1. The largest absolute Gasteiger partial charge is 0.462 e. The number of carbonyl (C=O) groups excluding carboxylic acids is 1. The molecule has 0 radical (unpaired) electrons. The smallest absolute Gasteiger partial charge is 0.330 e. The van der Waals surface area contributed by atoms with Gasteiger partial charge in [0.15, 0.2) is 0 Å². The van der Waals surface area contributed by atoms with Crippen molar-refractivity contribution < 1.29 is 9.53 Å². The number of benzene rings is 1. The number of nitrogen functional groups attached to an aromatic ring is 1. The number of anilines is 1. The lowest BCUT2D eigenvalue weighted by molar-refractivity contribution is -0.137. The van der Waals surface area contributed by atoms with Crippen molar-refractivity contribution >= 4 is 11.7 Å². The second-order valence-electron chi connectivity index (χ2n) is 2.87. The van der Waals surface area contributed by atoms with Gasteiger partial charge in [-0.3, -0.25) is 0 Å². The van der Waals surface area contributed by atoms with Gasteiger partial charge in [-0.1, -0.05) is 18.7 Å². The molecule has 0 aromatic heterocycles. The SMILES string of the molecule is C=CC(=O)OCCc1cccc(N)c1. The summed E-state index contributed by atoms with van der Waals surface area (Å²) in [5.41, 5.74) is 7.37. The van der Waals surface area contributed by atoms with Gasteiger partial charge in [0, 0.05) is 18.2 Å². The fourth-order valence-corrected chi connectivity index (χ4v) is 1.08. The molecule has 0 spiro atoms. The van der Waals surface area contributed by atoms with E-state index in [0.717, 1.165) is 17.3 Å². The number of esters is 1. The zero-order valence-electron chi connectivity index (χ0n) is 7.90. The highest BCUT2D eigenvalue weighted by atomic mass is 16.5. The van der Waals surface area contributed by atoms with Gasteiger partial charge in [-0.05, 0) is 17.7 Å². The minimum Gasteiger partial charge on any atom is -0.462 e. The molecule has 0 unspecified atom stereocenters. The summed E-state index contributed by atoms with van der Waals surface area (Å²) in [6.07, 6.45) is 1.82. The van der Waals surface area contributed by atoms with Crippen molar-refractivity contribution in [3.8, 4) is 0 Å². The molecule has 74 valence electrons. The van der Waals surface area contributed by atoms with E-state index in [1.165, 1.54) is 0 Å². The van der Waals surface area contributed by atoms with Crippen LogP contribution in [-0.2, 0) is 16.0 Å². The second kappa shape index (κ2) is 5.07. The van der Waals surface area contributed by atoms with Crippen LogP contribution in [0.2, 0.25) is 0 Å². The Hall–Kier alpha value is -1.77. The molecule has 3 heteroatoms. The highest BCUT2D eigenvalue weighted by Gasteiger charge is 1.97. The molecule has 0 aliphatic carbocycles. The summed E-state index contributed by atoms with van der Waals surface area (Å²) >= 11 is 0. The predicted molar refractivity (Wildman–Crippen MR) is 55.7 cm³/mol. The van der Waals surface area contributed by atoms with Gasteiger partial charge in [-0.15, -0.1) is 0 Å². The first-order valence-electron chi connectivity index (χ1n) is 4.36. The van der Waals surface area contributed by atoms with E-state index in [0.29, 0.717) is 13.0 Å². The molecular formula is C11H13NO2. The zero-order chi connectivity index (χ0) is 10.4. The molecule has 0 bridgehead atoms. The van der Waals surface area contributed by atoms with Crippen LogP contribution in [0, 0.1) is 0 Å². The van der Waals surface area contributed by atoms with Crippen LogP contribution in [0.5, 0.6) is 0 Å². The predicted octanol–water partition coefficient (Wildman–Crippen LogP) is 1.54. The van der Waals surface area contributed by atoms with Crippen molar-refractivity contribution in [2.45, 2.75) is 6.42 Å². The summed E-state index contributed by atoms with van der Waals surface area (Å²) < 4.78 is 4.84. The summed E-state index contributed by atoms with van der Waals surface area (Å²) in [6, 6.07) is 7.50. The first kappa shape index (κ1) is 10.3. The topological polar surface area (TPSA) is 52.3 Å². The van der Waals surface area contributed by atoms with Gasteiger partial charge in [0.05, 0.1) is 6.61 Å². The summed E-state index contributed by atoms with van der Waals surface area (Å²) in [5, 5.41) is 0. The molecule has 0 aliphatic rings. The first-order valence-corrected chi connectivity index (χ1v) is 4.36. The fraction of sp³-hybridized carbons (Fsp3) is 0.182. The third kappa shape index (κ3) is 3.31. The van der Waals surface area contributed by atoms with E-state index >= 15 is 0 Å². The Kier molecular flexibility index (Phi) is 3.73. The Bertz CT molecular complexity index is 334. The van der Waals surface area contributed by atoms with Crippen molar-refractivity contribution in [3.63, 3.8) is 0 Å². The number of nitrogens with two attached hydrogens (primary N) is 1. The number of hydrogen-bond acceptors (Lipinski definition) is 3. The van der Waals surface area contributed by atoms with Gasteiger partial charge in [-0.25, -0.2) is 4.79 Å². The molecule has 2 N–H and O–H groups in total. The van der Waals surface area contributed by atoms with Crippen molar-refractivity contribution in [1.82, 2.24) is 0 Å². The number of ether oxygens (including phenoxy) is 1. The summed E-state index contributed by atoms with van der Waals surface area (Å²) in [5.74, 6) is -0.395. The van der Waals surface area contributed by atoms with E-state index in [1.807, 2.05) is 24.3 Å². The Labute approximate surface area is 83.2 Å². The first-order chi connectivity index (χ1) is 6.72. The van der Waals surface area contributed by atoms with Gasteiger partial charge in [0.2, 0.25) is 0 Å². The van der Waals surface area contributed by atoms with Gasteiger partial charge in [-0.2, -0.15) is 0 Å². The zero-order valence-corrected chi connectivity index (χ0v) is 7.90. The molecule has 0 fully saturated rings. The molecule has 0 heterocycles. The highest BCUT2D eigenvalue weighted by molar-refractivity contribution is 5.81. The Balaban J connectivity index is 2.38. The van der Waals surface area contributed by atoms with Crippen LogP contribution in [0.4, 0.5) is 5.69 Å². The molecule has 1 rings (SSSR count). The quantitative estimate of drug-likeness (QED) is 0.446. The molecule has 0 saturated carbocycles. The van der Waals surface area contributed by atoms with Gasteiger partial charge < -0.3 is 10.5 Å². The average Bonchev–Trinajstić information content (AvgIpc) is 2.17. The molecule has 14 heavy (non-hydrogen) atoms. The summed E-state index contributed by atoms with van der Waals surface area (Å²) in [4.78, 5) is 10.7. The van der Waals surface area contributed by atoms with Gasteiger partial charge in [0.25, 0.3) is 0 Å². The number of rotatable bonds is 4. The number of carbonyl (C=O) groups is 1. The van der Waals surface area contributed by atoms with Crippen molar-refractivity contribution in [2.24, 2.45) is 0 Å². The molecule has 0 atom stereocenters. The van der Waals surface area contributed by atoms with Crippen LogP contribution in [0.25, 0.3) is 0 Å². The van der Waals surface area contributed by atoms with Gasteiger partial charge in [0.1, 0.15) is 0 Å². The molecule has 1 aromatic rings. The van der Waals surface area contributed by atoms with Crippen LogP contribution in [0.1, 0.15) is 5.56 Å². The Morgan fingerprint density at radius 1 is 1.57 bits per heavy atom. The Morgan fingerprint density at radius 3 is 3.00 bits per heavy atom. The molecule has 0 aliphatic heterocycles. The van der Waals surface area contributed by atoms with E-state index in [1.54, 1.807) is 0 Å². The lowest BCUT2D eigenvalue weighted by Crippen LogP contribution is -2.04. The minimum atomic E-state index is -0.395. The van der Waals surface area contributed by atoms with E-state index < -0.39 is 5.97 Å². The van der Waals surface area contributed by atoms with Crippen LogP contribution < -0.4 is 5.73 Å². The third-order valence-corrected chi connectivity index (χ3v) is 1.75. The second-order valence-corrected chi connectivity index (χ2v) is 2.87. The Morgan fingerprint density at radius 2 is 2.36 bits per heavy atom. The third-order valence-electron chi connectivity index (χ3n) is 1.75. The summed E-state index contributed by atoms with van der Waals surface area (Å²) in [7, 11) is 0. The van der Waals surface area contributed by atoms with E-state index in [2.05, 4.69) is 6.58 Å². The lowest BCUT2D eigenvalue weighted by Gasteiger charge is -2.02. The fourth-order valence-electron chi connectivity index (χ4n) is 1.08. The van der Waals surface area contributed by atoms with Crippen LogP contribution in [0.15, 0.2) is 36.9 Å². The maximum absolute atomic E-state index is 10.7. The minimum absolute atomic E-state index is 0.355. The molecule has 3 nitrogen and oxygen atoms in total. The van der Waals surface area contributed by atoms with E-state index in [4.69, 9.17) is 10.5 Å². The van der Waals surface area contributed by atoms with E-state index in [9.17, 15) is 4.79 Å². The maximum atomic E-state index is 10.7. The van der Waals surface area contributed by atoms with E-state index in [-0.39, 0.29) is 0 Å². The van der Waals surface area contributed by atoms with Crippen molar-refractivity contribution in [2.75, 3.05) is 12.3 Å². The standard InChI is InChI=1S/C11H13NO2/c1-2-11(13)14-7-6-9-4-3-5-10(12)8-9/h2-5,8H,1,6-7,12H2. The monoisotopic (exact) mass is 191 g/mol. The normalized spacial score (nSPS) is 9.43.